The zero-order chi connectivity index (χ0) is 17.4. The third-order valence-electron chi connectivity index (χ3n) is 4.31. The number of aromatic nitrogens is 3. The van der Waals surface area contributed by atoms with E-state index in [4.69, 9.17) is 4.42 Å². The number of fused-ring (bicyclic) bond motifs is 1. The summed E-state index contributed by atoms with van der Waals surface area (Å²) in [7, 11) is -3.65. The molecular formula is C17H18N4O3S. The summed E-state index contributed by atoms with van der Waals surface area (Å²) in [6.45, 7) is 2.39. The normalized spacial score (nSPS) is 14.5. The van der Waals surface area contributed by atoms with Crippen LogP contribution >= 0.6 is 0 Å². The van der Waals surface area contributed by atoms with Crippen LogP contribution in [0.4, 0.5) is 5.69 Å². The van der Waals surface area contributed by atoms with Crippen molar-refractivity contribution in [3.63, 3.8) is 0 Å². The predicted molar refractivity (Wildman–Crippen MR) is 92.8 cm³/mol. The molecule has 0 spiro atoms. The Morgan fingerprint density at radius 3 is 2.92 bits per heavy atom. The molecule has 0 saturated carbocycles. The van der Waals surface area contributed by atoms with Crippen LogP contribution in [0.1, 0.15) is 24.8 Å². The maximum atomic E-state index is 13.1. The summed E-state index contributed by atoms with van der Waals surface area (Å²) in [6.07, 6.45) is 3.79. The summed E-state index contributed by atoms with van der Waals surface area (Å²) in [4.78, 5) is 3.12. The number of nitrogens with one attached hydrogen (secondary N) is 1. The fourth-order valence-corrected chi connectivity index (χ4v) is 4.56. The summed E-state index contributed by atoms with van der Waals surface area (Å²) in [6, 6.07) is 9.17. The van der Waals surface area contributed by atoms with E-state index in [0.717, 1.165) is 24.1 Å². The number of rotatable bonds is 4. The average molecular weight is 358 g/mol. The molecule has 3 heterocycles. The quantitative estimate of drug-likeness (QED) is 0.774. The van der Waals surface area contributed by atoms with Gasteiger partial charge in [-0.1, -0.05) is 25.1 Å². The summed E-state index contributed by atoms with van der Waals surface area (Å²) < 4.78 is 33.2. The number of benzene rings is 1. The third kappa shape index (κ3) is 2.72. The molecule has 1 aliphatic heterocycles. The number of aryl methyl sites for hydroxylation is 2. The number of nitrogens with zero attached hydrogens (tertiary/aromatic N) is 3. The highest BCUT2D eigenvalue weighted by Crippen LogP contribution is 2.32. The van der Waals surface area contributed by atoms with Gasteiger partial charge in [0.1, 0.15) is 10.6 Å². The van der Waals surface area contributed by atoms with Crippen LogP contribution in [0.2, 0.25) is 0 Å². The molecule has 1 N–H and O–H groups in total. The van der Waals surface area contributed by atoms with Crippen molar-refractivity contribution in [3.05, 3.63) is 48.0 Å². The Bertz CT molecular complexity index is 1010. The molecule has 4 rings (SSSR count). The molecule has 0 bridgehead atoms. The van der Waals surface area contributed by atoms with Gasteiger partial charge >= 0.3 is 0 Å². The number of H-pyrrole nitrogens is 1. The first-order chi connectivity index (χ1) is 12.1. The molecule has 1 aliphatic rings. The van der Waals surface area contributed by atoms with Crippen molar-refractivity contribution >= 4 is 15.7 Å². The lowest BCUT2D eigenvalue weighted by Crippen LogP contribution is -2.35. The van der Waals surface area contributed by atoms with Gasteiger partial charge in [-0.3, -0.25) is 4.31 Å². The molecule has 0 amide bonds. The maximum absolute atomic E-state index is 13.1. The molecule has 3 aromatic rings. The second kappa shape index (κ2) is 6.03. The predicted octanol–water partition coefficient (Wildman–Crippen LogP) is 2.77. The highest BCUT2D eigenvalue weighted by atomic mass is 32.2. The minimum absolute atomic E-state index is 0.190. The Hall–Kier alpha value is -2.61. The molecule has 2 aromatic heterocycles. The summed E-state index contributed by atoms with van der Waals surface area (Å²) in [5, 5.41) is 7.85. The van der Waals surface area contributed by atoms with Gasteiger partial charge in [0, 0.05) is 19.2 Å². The summed E-state index contributed by atoms with van der Waals surface area (Å²) in [5.74, 6) is 0.802. The van der Waals surface area contributed by atoms with Crippen LogP contribution < -0.4 is 4.31 Å². The van der Waals surface area contributed by atoms with Crippen LogP contribution in [0.3, 0.4) is 0 Å². The van der Waals surface area contributed by atoms with Crippen molar-refractivity contribution in [1.82, 2.24) is 15.2 Å². The van der Waals surface area contributed by atoms with E-state index in [1.807, 2.05) is 31.2 Å². The monoisotopic (exact) mass is 358 g/mol. The largest absolute Gasteiger partial charge is 0.419 e. The zero-order valence-corrected chi connectivity index (χ0v) is 14.6. The van der Waals surface area contributed by atoms with Crippen LogP contribution in [0, 0.1) is 0 Å². The first kappa shape index (κ1) is 15.9. The lowest BCUT2D eigenvalue weighted by Gasteiger charge is -2.30. The van der Waals surface area contributed by atoms with Crippen molar-refractivity contribution in [2.24, 2.45) is 0 Å². The molecule has 8 heteroatoms. The molecule has 25 heavy (non-hydrogen) atoms. The minimum atomic E-state index is -3.65. The van der Waals surface area contributed by atoms with E-state index in [1.54, 1.807) is 6.07 Å². The second-order valence-corrected chi connectivity index (χ2v) is 7.78. The van der Waals surface area contributed by atoms with E-state index in [0.29, 0.717) is 24.6 Å². The van der Waals surface area contributed by atoms with Crippen LogP contribution in [0.5, 0.6) is 0 Å². The Balaban J connectivity index is 1.70. The van der Waals surface area contributed by atoms with Gasteiger partial charge in [0.15, 0.2) is 0 Å². The average Bonchev–Trinajstić information content (AvgIpc) is 3.30. The van der Waals surface area contributed by atoms with Gasteiger partial charge in [-0.15, -0.1) is 10.2 Å². The van der Waals surface area contributed by atoms with Crippen molar-refractivity contribution in [3.8, 4) is 11.6 Å². The number of para-hydroxylation sites is 1. The number of hydrogen-bond donors (Lipinski definition) is 1. The molecule has 130 valence electrons. The van der Waals surface area contributed by atoms with Crippen molar-refractivity contribution < 1.29 is 12.8 Å². The first-order valence-electron chi connectivity index (χ1n) is 8.21. The molecule has 0 aliphatic carbocycles. The molecule has 0 fully saturated rings. The number of sulfonamides is 1. The van der Waals surface area contributed by atoms with Gasteiger partial charge < -0.3 is 9.40 Å². The molecule has 0 saturated heterocycles. The summed E-state index contributed by atoms with van der Waals surface area (Å²) >= 11 is 0. The molecule has 0 atom stereocenters. The molecule has 0 unspecified atom stereocenters. The molecule has 0 radical (unpaired) electrons. The second-order valence-electron chi connectivity index (χ2n) is 5.91. The fourth-order valence-electron chi connectivity index (χ4n) is 3.03. The summed E-state index contributed by atoms with van der Waals surface area (Å²) in [5.41, 5.74) is 2.30. The van der Waals surface area contributed by atoms with Gasteiger partial charge in [0.25, 0.3) is 15.9 Å². The molecule has 7 nitrogen and oxygen atoms in total. The van der Waals surface area contributed by atoms with E-state index in [-0.39, 0.29) is 10.8 Å². The van der Waals surface area contributed by atoms with Gasteiger partial charge in [-0.25, -0.2) is 8.42 Å². The van der Waals surface area contributed by atoms with E-state index in [2.05, 4.69) is 15.2 Å². The Labute approximate surface area is 145 Å². The highest BCUT2D eigenvalue weighted by molar-refractivity contribution is 7.92. The highest BCUT2D eigenvalue weighted by Gasteiger charge is 2.30. The van der Waals surface area contributed by atoms with Crippen LogP contribution in [-0.2, 0) is 22.9 Å². The smallest absolute Gasteiger partial charge is 0.265 e. The fraction of sp³-hybridized carbons (Fsp3) is 0.294. The van der Waals surface area contributed by atoms with Crippen LogP contribution in [0.25, 0.3) is 11.6 Å². The standard InChI is InChI=1S/C17H18N4O3S/c1-2-16-19-20-17(24-16)14-10-13(11-18-14)25(22,23)21-9-5-7-12-6-3-4-8-15(12)21/h3-4,6,8,10-11,18H,2,5,7,9H2,1H3. The maximum Gasteiger partial charge on any atom is 0.265 e. The number of hydrogen-bond acceptors (Lipinski definition) is 5. The topological polar surface area (TPSA) is 92.1 Å². The van der Waals surface area contributed by atoms with Crippen molar-refractivity contribution in [1.29, 1.82) is 0 Å². The third-order valence-corrected chi connectivity index (χ3v) is 6.10. The number of aromatic amines is 1. The van der Waals surface area contributed by atoms with E-state index in [1.165, 1.54) is 10.5 Å². The lowest BCUT2D eigenvalue weighted by atomic mass is 10.0. The van der Waals surface area contributed by atoms with E-state index in [9.17, 15) is 8.42 Å². The van der Waals surface area contributed by atoms with Gasteiger partial charge in [0.05, 0.1) is 5.69 Å². The van der Waals surface area contributed by atoms with Crippen LogP contribution in [0.15, 0.2) is 45.8 Å². The van der Waals surface area contributed by atoms with Crippen molar-refractivity contribution in [2.45, 2.75) is 31.1 Å². The first-order valence-corrected chi connectivity index (χ1v) is 9.65. The van der Waals surface area contributed by atoms with Gasteiger partial charge in [-0.2, -0.15) is 0 Å². The van der Waals surface area contributed by atoms with Gasteiger partial charge in [-0.05, 0) is 30.5 Å². The Morgan fingerprint density at radius 1 is 1.28 bits per heavy atom. The van der Waals surface area contributed by atoms with E-state index < -0.39 is 10.0 Å². The van der Waals surface area contributed by atoms with Crippen LogP contribution in [-0.4, -0.2) is 30.1 Å². The SMILES string of the molecule is CCc1nnc(-c2cc(S(=O)(=O)N3CCCc4ccccc43)c[nH]2)o1. The van der Waals surface area contributed by atoms with Gasteiger partial charge in [0.2, 0.25) is 5.89 Å². The van der Waals surface area contributed by atoms with Crippen molar-refractivity contribution in [2.75, 3.05) is 10.8 Å². The lowest BCUT2D eigenvalue weighted by molar-refractivity contribution is 0.511. The Kier molecular flexibility index (Phi) is 3.84. The molecule has 1 aromatic carbocycles. The van der Waals surface area contributed by atoms with E-state index >= 15 is 0 Å². The minimum Gasteiger partial charge on any atom is -0.419 e. The Morgan fingerprint density at radius 2 is 2.12 bits per heavy atom. The molecular weight excluding hydrogens is 340 g/mol. The number of anilines is 1. The zero-order valence-electron chi connectivity index (χ0n) is 13.8.